The first kappa shape index (κ1) is 16.6. The molecule has 0 atom stereocenters. The fourth-order valence-electron chi connectivity index (χ4n) is 2.50. The van der Waals surface area contributed by atoms with E-state index in [4.69, 9.17) is 27.9 Å². The molecule has 0 fully saturated rings. The predicted octanol–water partition coefficient (Wildman–Crippen LogP) is 4.53. The van der Waals surface area contributed by atoms with Gasteiger partial charge in [-0.2, -0.15) is 0 Å². The van der Waals surface area contributed by atoms with Crippen LogP contribution in [0.25, 0.3) is 11.0 Å². The number of para-hydroxylation sites is 1. The van der Waals surface area contributed by atoms with E-state index in [0.29, 0.717) is 10.9 Å². The minimum atomic E-state index is 0.118. The third kappa shape index (κ3) is 3.91. The second-order valence-electron chi connectivity index (χ2n) is 6.07. The van der Waals surface area contributed by atoms with Gasteiger partial charge in [-0.1, -0.05) is 31.5 Å². The molecule has 1 aromatic heterocycles. The standard InChI is InChI=1S/C16H22Cl2N2O/c1-16(2,8-10-21-3)11-20-13-6-4-5-12(18)15(13)19-14(20)7-9-17/h4-6H,7-11H2,1-3H3. The Bertz CT molecular complexity index is 608. The highest BCUT2D eigenvalue weighted by molar-refractivity contribution is 6.34. The Labute approximate surface area is 136 Å². The number of halogens is 2. The van der Waals surface area contributed by atoms with Gasteiger partial charge in [-0.05, 0) is 24.0 Å². The van der Waals surface area contributed by atoms with Crippen molar-refractivity contribution in [3.05, 3.63) is 29.0 Å². The summed E-state index contributed by atoms with van der Waals surface area (Å²) in [4.78, 5) is 4.68. The van der Waals surface area contributed by atoms with Gasteiger partial charge in [-0.25, -0.2) is 4.98 Å². The van der Waals surface area contributed by atoms with E-state index in [1.165, 1.54) is 0 Å². The number of fused-ring (bicyclic) bond motifs is 1. The van der Waals surface area contributed by atoms with Crippen molar-refractivity contribution in [2.24, 2.45) is 5.41 Å². The van der Waals surface area contributed by atoms with Crippen molar-refractivity contribution in [3.8, 4) is 0 Å². The van der Waals surface area contributed by atoms with Crippen LogP contribution in [-0.4, -0.2) is 29.1 Å². The normalized spacial score (nSPS) is 12.2. The number of hydrogen-bond acceptors (Lipinski definition) is 2. The van der Waals surface area contributed by atoms with Crippen LogP contribution in [0, 0.1) is 5.41 Å². The minimum Gasteiger partial charge on any atom is -0.385 e. The Hall–Kier alpha value is -0.770. The van der Waals surface area contributed by atoms with Crippen molar-refractivity contribution in [1.82, 2.24) is 9.55 Å². The molecule has 0 saturated heterocycles. The molecule has 2 rings (SSSR count). The van der Waals surface area contributed by atoms with Gasteiger partial charge in [-0.3, -0.25) is 0 Å². The number of methoxy groups -OCH3 is 1. The van der Waals surface area contributed by atoms with Crippen LogP contribution in [0.2, 0.25) is 5.02 Å². The minimum absolute atomic E-state index is 0.118. The third-order valence-corrected chi connectivity index (χ3v) is 4.19. The Morgan fingerprint density at radius 1 is 1.33 bits per heavy atom. The summed E-state index contributed by atoms with van der Waals surface area (Å²) in [5.74, 6) is 1.55. The molecule has 0 spiro atoms. The molecule has 5 heteroatoms. The summed E-state index contributed by atoms with van der Waals surface area (Å²) in [6.45, 7) is 6.12. The second kappa shape index (κ2) is 6.99. The number of ether oxygens (including phenoxy) is 1. The van der Waals surface area contributed by atoms with Crippen molar-refractivity contribution >= 4 is 34.2 Å². The van der Waals surface area contributed by atoms with Crippen molar-refractivity contribution < 1.29 is 4.74 Å². The average molecular weight is 329 g/mol. The molecule has 0 unspecified atom stereocenters. The number of rotatable bonds is 7. The van der Waals surface area contributed by atoms with Gasteiger partial charge in [0.1, 0.15) is 11.3 Å². The molecule has 0 bridgehead atoms. The number of nitrogens with zero attached hydrogens (tertiary/aromatic N) is 2. The molecule has 0 amide bonds. The average Bonchev–Trinajstić information content (AvgIpc) is 2.77. The van der Waals surface area contributed by atoms with E-state index in [-0.39, 0.29) is 5.41 Å². The maximum absolute atomic E-state index is 6.27. The molecular formula is C16H22Cl2N2O. The lowest BCUT2D eigenvalue weighted by Gasteiger charge is -2.26. The zero-order valence-corrected chi connectivity index (χ0v) is 14.3. The zero-order chi connectivity index (χ0) is 15.5. The van der Waals surface area contributed by atoms with Gasteiger partial charge in [0.15, 0.2) is 0 Å². The largest absolute Gasteiger partial charge is 0.385 e. The highest BCUT2D eigenvalue weighted by Crippen LogP contribution is 2.29. The molecule has 0 saturated carbocycles. The Kier molecular flexibility index (Phi) is 5.53. The molecule has 0 N–H and O–H groups in total. The molecule has 21 heavy (non-hydrogen) atoms. The van der Waals surface area contributed by atoms with E-state index in [1.54, 1.807) is 7.11 Å². The monoisotopic (exact) mass is 328 g/mol. The number of hydrogen-bond donors (Lipinski definition) is 0. The van der Waals surface area contributed by atoms with E-state index < -0.39 is 0 Å². The first-order chi connectivity index (χ1) is 9.98. The van der Waals surface area contributed by atoms with Crippen molar-refractivity contribution in [1.29, 1.82) is 0 Å². The molecule has 116 valence electrons. The molecule has 1 aromatic carbocycles. The third-order valence-electron chi connectivity index (χ3n) is 3.70. The topological polar surface area (TPSA) is 27.1 Å². The van der Waals surface area contributed by atoms with Crippen LogP contribution in [0.5, 0.6) is 0 Å². The van der Waals surface area contributed by atoms with Crippen LogP contribution in [0.3, 0.4) is 0 Å². The molecule has 3 nitrogen and oxygen atoms in total. The summed E-state index contributed by atoms with van der Waals surface area (Å²) in [5.41, 5.74) is 2.06. The quantitative estimate of drug-likeness (QED) is 0.698. The summed E-state index contributed by atoms with van der Waals surface area (Å²) < 4.78 is 7.46. The van der Waals surface area contributed by atoms with E-state index in [1.807, 2.05) is 12.1 Å². The van der Waals surface area contributed by atoms with Crippen LogP contribution in [-0.2, 0) is 17.7 Å². The van der Waals surface area contributed by atoms with Crippen LogP contribution in [0.15, 0.2) is 18.2 Å². The van der Waals surface area contributed by atoms with Gasteiger partial charge in [0.25, 0.3) is 0 Å². The smallest absolute Gasteiger partial charge is 0.111 e. The maximum Gasteiger partial charge on any atom is 0.111 e. The van der Waals surface area contributed by atoms with Gasteiger partial charge in [0.05, 0.1) is 10.5 Å². The first-order valence-electron chi connectivity index (χ1n) is 7.17. The molecule has 0 aliphatic carbocycles. The molecule has 2 aromatic rings. The SMILES string of the molecule is COCCC(C)(C)Cn1c(CCCl)nc2c(Cl)cccc21. The fraction of sp³-hybridized carbons (Fsp3) is 0.562. The number of alkyl halides is 1. The summed E-state index contributed by atoms with van der Waals surface area (Å²) in [6, 6.07) is 5.91. The number of imidazole rings is 1. The summed E-state index contributed by atoms with van der Waals surface area (Å²) >= 11 is 12.2. The lowest BCUT2D eigenvalue weighted by atomic mass is 9.89. The van der Waals surface area contributed by atoms with Crippen LogP contribution >= 0.6 is 23.2 Å². The van der Waals surface area contributed by atoms with E-state index >= 15 is 0 Å². The maximum atomic E-state index is 6.27. The lowest BCUT2D eigenvalue weighted by Crippen LogP contribution is -2.23. The van der Waals surface area contributed by atoms with Gasteiger partial charge in [-0.15, -0.1) is 11.6 Å². The first-order valence-corrected chi connectivity index (χ1v) is 8.08. The van der Waals surface area contributed by atoms with Crippen LogP contribution < -0.4 is 0 Å². The highest BCUT2D eigenvalue weighted by Gasteiger charge is 2.22. The van der Waals surface area contributed by atoms with Crippen molar-refractivity contribution in [2.45, 2.75) is 33.2 Å². The zero-order valence-electron chi connectivity index (χ0n) is 12.8. The molecule has 0 aliphatic rings. The summed E-state index contributed by atoms with van der Waals surface area (Å²) in [5, 5.41) is 0.691. The number of aryl methyl sites for hydroxylation is 1. The molecule has 1 heterocycles. The van der Waals surface area contributed by atoms with Gasteiger partial charge in [0, 0.05) is 32.6 Å². The molecular weight excluding hydrogens is 307 g/mol. The second-order valence-corrected chi connectivity index (χ2v) is 6.85. The van der Waals surface area contributed by atoms with E-state index in [0.717, 1.165) is 42.9 Å². The Morgan fingerprint density at radius 3 is 2.76 bits per heavy atom. The Balaban J connectivity index is 2.40. The fourth-order valence-corrected chi connectivity index (χ4v) is 2.88. The Morgan fingerprint density at radius 2 is 2.10 bits per heavy atom. The van der Waals surface area contributed by atoms with Gasteiger partial charge in [0.2, 0.25) is 0 Å². The predicted molar refractivity (Wildman–Crippen MR) is 89.4 cm³/mol. The van der Waals surface area contributed by atoms with Crippen LogP contribution in [0.4, 0.5) is 0 Å². The van der Waals surface area contributed by atoms with Gasteiger partial charge >= 0.3 is 0 Å². The van der Waals surface area contributed by atoms with Crippen molar-refractivity contribution in [2.75, 3.05) is 19.6 Å². The molecule has 0 radical (unpaired) electrons. The van der Waals surface area contributed by atoms with E-state index in [2.05, 4.69) is 29.5 Å². The summed E-state index contributed by atoms with van der Waals surface area (Å²) in [7, 11) is 1.74. The highest BCUT2D eigenvalue weighted by atomic mass is 35.5. The van der Waals surface area contributed by atoms with E-state index in [9.17, 15) is 0 Å². The number of aromatic nitrogens is 2. The lowest BCUT2D eigenvalue weighted by molar-refractivity contribution is 0.142. The van der Waals surface area contributed by atoms with Crippen molar-refractivity contribution in [3.63, 3.8) is 0 Å². The summed E-state index contributed by atoms with van der Waals surface area (Å²) in [6.07, 6.45) is 1.73. The van der Waals surface area contributed by atoms with Gasteiger partial charge < -0.3 is 9.30 Å². The molecule has 0 aliphatic heterocycles. The number of benzene rings is 1. The van der Waals surface area contributed by atoms with Crippen LogP contribution in [0.1, 0.15) is 26.1 Å².